The van der Waals surface area contributed by atoms with Crippen molar-refractivity contribution in [3.63, 3.8) is 0 Å². The molecule has 0 aromatic heterocycles. The van der Waals surface area contributed by atoms with Crippen LogP contribution in [0.3, 0.4) is 0 Å². The summed E-state index contributed by atoms with van der Waals surface area (Å²) in [6, 6.07) is 6.62. The Morgan fingerprint density at radius 2 is 1.82 bits per heavy atom. The first-order valence-corrected chi connectivity index (χ1v) is 5.29. The Labute approximate surface area is 97.7 Å². The number of anilines is 1. The molecule has 1 fully saturated rings. The van der Waals surface area contributed by atoms with Gasteiger partial charge in [-0.05, 0) is 6.07 Å². The number of nitroso groups, excluding NO2 is 1. The lowest BCUT2D eigenvalue weighted by Gasteiger charge is -2.32. The van der Waals surface area contributed by atoms with Gasteiger partial charge < -0.3 is 4.90 Å². The van der Waals surface area contributed by atoms with Crippen molar-refractivity contribution in [3.05, 3.63) is 39.3 Å². The largest absolute Gasteiger partial charge is 0.362 e. The van der Waals surface area contributed by atoms with Gasteiger partial charge in [0, 0.05) is 19.2 Å². The number of nitro groups is 1. The van der Waals surface area contributed by atoms with Gasteiger partial charge >= 0.3 is 0 Å². The third kappa shape index (κ3) is 2.32. The minimum Gasteiger partial charge on any atom is -0.362 e. The van der Waals surface area contributed by atoms with E-state index in [9.17, 15) is 15.0 Å². The number of nitro benzene ring substituents is 1. The van der Waals surface area contributed by atoms with Crippen molar-refractivity contribution in [2.45, 2.75) is 0 Å². The molecule has 2 rings (SSSR count). The van der Waals surface area contributed by atoms with Crippen molar-refractivity contribution in [2.75, 3.05) is 31.1 Å². The third-order valence-corrected chi connectivity index (χ3v) is 2.79. The van der Waals surface area contributed by atoms with E-state index in [4.69, 9.17) is 0 Å². The van der Waals surface area contributed by atoms with E-state index in [1.807, 2.05) is 4.90 Å². The molecule has 1 saturated heterocycles. The van der Waals surface area contributed by atoms with Crippen molar-refractivity contribution in [1.29, 1.82) is 0 Å². The molecule has 0 aliphatic carbocycles. The maximum absolute atomic E-state index is 10.9. The maximum Gasteiger partial charge on any atom is 0.292 e. The van der Waals surface area contributed by atoms with Crippen molar-refractivity contribution in [2.24, 2.45) is 5.29 Å². The molecule has 17 heavy (non-hydrogen) atoms. The number of hydrogen-bond acceptors (Lipinski definition) is 5. The first-order chi connectivity index (χ1) is 8.22. The highest BCUT2D eigenvalue weighted by atomic mass is 16.6. The van der Waals surface area contributed by atoms with Crippen LogP contribution in [0.2, 0.25) is 0 Å². The maximum atomic E-state index is 10.9. The summed E-state index contributed by atoms with van der Waals surface area (Å²) in [4.78, 5) is 22.7. The molecular weight excluding hydrogens is 224 g/mol. The lowest BCUT2D eigenvalue weighted by molar-refractivity contribution is -0.384. The topological polar surface area (TPSA) is 79.0 Å². The molecule has 0 atom stereocenters. The molecule has 1 aromatic carbocycles. The number of nitrogens with zero attached hydrogens (tertiary/aromatic N) is 4. The summed E-state index contributed by atoms with van der Waals surface area (Å²) >= 11 is 0. The Morgan fingerprint density at radius 1 is 1.18 bits per heavy atom. The summed E-state index contributed by atoms with van der Waals surface area (Å²) in [6.45, 7) is 2.12. The smallest absolute Gasteiger partial charge is 0.292 e. The molecular formula is C10H12N4O3. The number of benzene rings is 1. The summed E-state index contributed by atoms with van der Waals surface area (Å²) in [7, 11) is 0. The first kappa shape index (κ1) is 11.3. The molecule has 0 radical (unpaired) electrons. The summed E-state index contributed by atoms with van der Waals surface area (Å²) in [5.74, 6) is 0. The van der Waals surface area contributed by atoms with Crippen LogP contribution >= 0.6 is 0 Å². The second-order valence-corrected chi connectivity index (χ2v) is 3.77. The average Bonchev–Trinajstić information content (AvgIpc) is 2.39. The summed E-state index contributed by atoms with van der Waals surface area (Å²) < 4.78 is 0. The Kier molecular flexibility index (Phi) is 3.17. The van der Waals surface area contributed by atoms with Gasteiger partial charge in [0.25, 0.3) is 5.69 Å². The van der Waals surface area contributed by atoms with E-state index < -0.39 is 0 Å². The van der Waals surface area contributed by atoms with Crippen LogP contribution in [0.15, 0.2) is 29.6 Å². The molecule has 0 saturated carbocycles. The lowest BCUT2D eigenvalue weighted by atomic mass is 10.2. The lowest BCUT2D eigenvalue weighted by Crippen LogP contribution is -2.44. The molecule has 1 aliphatic heterocycles. The zero-order valence-corrected chi connectivity index (χ0v) is 9.15. The van der Waals surface area contributed by atoms with Crippen molar-refractivity contribution in [3.8, 4) is 0 Å². The van der Waals surface area contributed by atoms with Gasteiger partial charge in [-0.2, -0.15) is 0 Å². The molecule has 0 N–H and O–H groups in total. The molecule has 0 amide bonds. The second-order valence-electron chi connectivity index (χ2n) is 3.77. The van der Waals surface area contributed by atoms with E-state index in [1.165, 1.54) is 11.1 Å². The van der Waals surface area contributed by atoms with Crippen LogP contribution in [0.4, 0.5) is 11.4 Å². The van der Waals surface area contributed by atoms with Crippen LogP contribution < -0.4 is 4.90 Å². The summed E-state index contributed by atoms with van der Waals surface area (Å²) in [5, 5.41) is 15.2. The normalized spacial score (nSPS) is 15.8. The van der Waals surface area contributed by atoms with Crippen LogP contribution in [0, 0.1) is 15.0 Å². The second kappa shape index (κ2) is 4.77. The number of para-hydroxylation sites is 2. The SMILES string of the molecule is O=NN1CCN(c2ccccc2[N+](=O)[O-])CC1. The van der Waals surface area contributed by atoms with E-state index >= 15 is 0 Å². The number of piperazine rings is 1. The Bertz CT molecular complexity index is 429. The van der Waals surface area contributed by atoms with Gasteiger partial charge in [0.15, 0.2) is 0 Å². The summed E-state index contributed by atoms with van der Waals surface area (Å²) in [6.07, 6.45) is 0. The number of rotatable bonds is 3. The minimum atomic E-state index is -0.389. The van der Waals surface area contributed by atoms with E-state index in [1.54, 1.807) is 18.2 Å². The fourth-order valence-electron chi connectivity index (χ4n) is 1.90. The minimum absolute atomic E-state index is 0.0972. The van der Waals surface area contributed by atoms with Gasteiger partial charge in [-0.15, -0.1) is 4.91 Å². The molecule has 7 heteroatoms. The zero-order chi connectivity index (χ0) is 12.3. The Balaban J connectivity index is 2.18. The zero-order valence-electron chi connectivity index (χ0n) is 9.15. The van der Waals surface area contributed by atoms with Crippen molar-refractivity contribution >= 4 is 11.4 Å². The van der Waals surface area contributed by atoms with Gasteiger partial charge in [-0.1, -0.05) is 12.1 Å². The van der Waals surface area contributed by atoms with E-state index in [-0.39, 0.29) is 10.6 Å². The molecule has 1 aromatic rings. The Morgan fingerprint density at radius 3 is 2.41 bits per heavy atom. The third-order valence-electron chi connectivity index (χ3n) is 2.79. The molecule has 0 bridgehead atoms. The first-order valence-electron chi connectivity index (χ1n) is 5.29. The molecule has 0 spiro atoms. The van der Waals surface area contributed by atoms with Crippen molar-refractivity contribution in [1.82, 2.24) is 5.01 Å². The van der Waals surface area contributed by atoms with Gasteiger partial charge in [0.1, 0.15) is 5.69 Å². The van der Waals surface area contributed by atoms with Crippen LogP contribution in [-0.2, 0) is 0 Å². The van der Waals surface area contributed by atoms with Crippen LogP contribution in [-0.4, -0.2) is 36.1 Å². The average molecular weight is 236 g/mol. The monoisotopic (exact) mass is 236 g/mol. The van der Waals surface area contributed by atoms with Gasteiger partial charge in [0.05, 0.1) is 23.3 Å². The van der Waals surface area contributed by atoms with E-state index in [2.05, 4.69) is 5.29 Å². The highest BCUT2D eigenvalue weighted by Gasteiger charge is 2.22. The predicted octanol–water partition coefficient (Wildman–Crippen LogP) is 1.40. The van der Waals surface area contributed by atoms with Gasteiger partial charge in [0.2, 0.25) is 0 Å². The highest BCUT2D eigenvalue weighted by molar-refractivity contribution is 5.63. The molecule has 90 valence electrons. The molecule has 1 heterocycles. The van der Waals surface area contributed by atoms with E-state index in [0.717, 1.165) is 0 Å². The van der Waals surface area contributed by atoms with Crippen LogP contribution in [0.5, 0.6) is 0 Å². The molecule has 7 nitrogen and oxygen atoms in total. The van der Waals surface area contributed by atoms with Crippen molar-refractivity contribution < 1.29 is 4.92 Å². The molecule has 1 aliphatic rings. The van der Waals surface area contributed by atoms with Crippen LogP contribution in [0.25, 0.3) is 0 Å². The van der Waals surface area contributed by atoms with Gasteiger partial charge in [-0.3, -0.25) is 15.1 Å². The number of hydrogen-bond donors (Lipinski definition) is 0. The van der Waals surface area contributed by atoms with E-state index in [0.29, 0.717) is 31.9 Å². The van der Waals surface area contributed by atoms with Crippen LogP contribution in [0.1, 0.15) is 0 Å². The Hall–Kier alpha value is -2.18. The predicted molar refractivity (Wildman–Crippen MR) is 62.7 cm³/mol. The highest BCUT2D eigenvalue weighted by Crippen LogP contribution is 2.28. The standard InChI is InChI=1S/C10H12N4O3/c15-11-13-7-5-12(6-8-13)9-3-1-2-4-10(9)14(16)17/h1-4H,5-8H2. The fraction of sp³-hybridized carbons (Fsp3) is 0.400. The van der Waals surface area contributed by atoms with Gasteiger partial charge in [-0.25, -0.2) is 0 Å². The summed E-state index contributed by atoms with van der Waals surface area (Å²) in [5.41, 5.74) is 0.697. The fourth-order valence-corrected chi connectivity index (χ4v) is 1.90. The quantitative estimate of drug-likeness (QED) is 0.450. The molecule has 0 unspecified atom stereocenters.